The number of rotatable bonds is 2. The van der Waals surface area contributed by atoms with Gasteiger partial charge >= 0.3 is 6.09 Å². The van der Waals surface area contributed by atoms with Crippen LogP contribution in [-0.2, 0) is 14.3 Å². The summed E-state index contributed by atoms with van der Waals surface area (Å²) in [5.41, 5.74) is -0.703. The van der Waals surface area contributed by atoms with Crippen LogP contribution in [0.15, 0.2) is 30.3 Å². The predicted octanol–water partition coefficient (Wildman–Crippen LogP) is 3.69. The molecular formula is C18H25NO4. The number of benzene rings is 1. The standard InChI is InChI=1S/C18H25NO4/c1-12(20)15-14(13-10-8-7-9-11-13)19(18(5,6)22-15)16(21)23-17(2,3)4/h7-11,14-15H,1-6H3/t14?,15-/m1/s1. The molecule has 2 atom stereocenters. The van der Waals surface area contributed by atoms with E-state index in [9.17, 15) is 9.59 Å². The molecule has 2 rings (SSSR count). The molecule has 1 heterocycles. The van der Waals surface area contributed by atoms with Crippen LogP contribution in [0.4, 0.5) is 4.79 Å². The monoisotopic (exact) mass is 319 g/mol. The van der Waals surface area contributed by atoms with Gasteiger partial charge < -0.3 is 9.47 Å². The second kappa shape index (κ2) is 5.96. The van der Waals surface area contributed by atoms with Gasteiger partial charge in [0.15, 0.2) is 5.78 Å². The third-order valence-electron chi connectivity index (χ3n) is 3.69. The molecule has 0 aliphatic carbocycles. The largest absolute Gasteiger partial charge is 0.444 e. The molecule has 1 aromatic rings. The lowest BCUT2D eigenvalue weighted by Crippen LogP contribution is -2.47. The van der Waals surface area contributed by atoms with Crippen LogP contribution in [0.2, 0.25) is 0 Å². The van der Waals surface area contributed by atoms with Gasteiger partial charge in [-0.05, 0) is 47.1 Å². The first-order valence-corrected chi connectivity index (χ1v) is 7.78. The highest BCUT2D eigenvalue weighted by atomic mass is 16.6. The third kappa shape index (κ3) is 3.72. The quantitative estimate of drug-likeness (QED) is 0.834. The zero-order valence-corrected chi connectivity index (χ0v) is 14.6. The van der Waals surface area contributed by atoms with E-state index in [0.29, 0.717) is 0 Å². The van der Waals surface area contributed by atoms with Crippen molar-refractivity contribution in [3.05, 3.63) is 35.9 Å². The highest BCUT2D eigenvalue weighted by Gasteiger charge is 2.53. The summed E-state index contributed by atoms with van der Waals surface area (Å²) in [5, 5.41) is 0. The average Bonchev–Trinajstić information content (AvgIpc) is 2.69. The van der Waals surface area contributed by atoms with Crippen molar-refractivity contribution >= 4 is 11.9 Å². The van der Waals surface area contributed by atoms with E-state index in [1.807, 2.05) is 51.1 Å². The molecule has 0 aromatic heterocycles. The van der Waals surface area contributed by atoms with Crippen LogP contribution < -0.4 is 0 Å². The number of ketones is 1. The summed E-state index contributed by atoms with van der Waals surface area (Å²) in [4.78, 5) is 26.3. The Morgan fingerprint density at radius 1 is 1.17 bits per heavy atom. The van der Waals surface area contributed by atoms with Gasteiger partial charge in [-0.2, -0.15) is 0 Å². The van der Waals surface area contributed by atoms with Gasteiger partial charge in [-0.3, -0.25) is 9.69 Å². The van der Waals surface area contributed by atoms with Gasteiger partial charge in [0.05, 0.1) is 6.04 Å². The van der Waals surface area contributed by atoms with Crippen molar-refractivity contribution < 1.29 is 19.1 Å². The SMILES string of the molecule is CC(=O)[C@H]1OC(C)(C)N(C(=O)OC(C)(C)C)C1c1ccccc1. The Hall–Kier alpha value is -1.88. The summed E-state index contributed by atoms with van der Waals surface area (Å²) in [7, 11) is 0. The molecule has 1 unspecified atom stereocenters. The fourth-order valence-electron chi connectivity index (χ4n) is 2.83. The summed E-state index contributed by atoms with van der Waals surface area (Å²) in [5.74, 6) is -0.113. The predicted molar refractivity (Wildman–Crippen MR) is 86.9 cm³/mol. The Balaban J connectivity index is 2.46. The van der Waals surface area contributed by atoms with E-state index in [0.717, 1.165) is 5.56 Å². The Morgan fingerprint density at radius 3 is 2.22 bits per heavy atom. The minimum atomic E-state index is -0.931. The molecule has 0 radical (unpaired) electrons. The molecule has 5 heteroatoms. The molecular weight excluding hydrogens is 294 g/mol. The maximum atomic E-state index is 12.7. The molecule has 1 fully saturated rings. The Morgan fingerprint density at radius 2 is 1.74 bits per heavy atom. The molecule has 0 bridgehead atoms. The minimum absolute atomic E-state index is 0.113. The van der Waals surface area contributed by atoms with Crippen LogP contribution in [0.5, 0.6) is 0 Å². The molecule has 0 N–H and O–H groups in total. The fraction of sp³-hybridized carbons (Fsp3) is 0.556. The van der Waals surface area contributed by atoms with Gasteiger partial charge in [0.2, 0.25) is 0 Å². The zero-order valence-electron chi connectivity index (χ0n) is 14.6. The van der Waals surface area contributed by atoms with Crippen molar-refractivity contribution in [3.8, 4) is 0 Å². The highest BCUT2D eigenvalue weighted by molar-refractivity contribution is 5.83. The van der Waals surface area contributed by atoms with E-state index in [1.54, 1.807) is 13.8 Å². The highest BCUT2D eigenvalue weighted by Crippen LogP contribution is 2.42. The molecule has 126 valence electrons. The van der Waals surface area contributed by atoms with Crippen molar-refractivity contribution in [2.24, 2.45) is 0 Å². The van der Waals surface area contributed by atoms with Crippen LogP contribution in [0, 0.1) is 0 Å². The van der Waals surface area contributed by atoms with E-state index in [4.69, 9.17) is 9.47 Å². The lowest BCUT2D eigenvalue weighted by atomic mass is 9.98. The van der Waals surface area contributed by atoms with Gasteiger partial charge in [0.1, 0.15) is 17.4 Å². The Labute approximate surface area is 137 Å². The van der Waals surface area contributed by atoms with Crippen LogP contribution in [0.25, 0.3) is 0 Å². The number of carbonyl (C=O) groups excluding carboxylic acids is 2. The van der Waals surface area contributed by atoms with E-state index >= 15 is 0 Å². The molecule has 0 saturated carbocycles. The average molecular weight is 319 g/mol. The normalized spacial score (nSPS) is 23.7. The molecule has 23 heavy (non-hydrogen) atoms. The first-order chi connectivity index (χ1) is 10.5. The van der Waals surface area contributed by atoms with Gasteiger partial charge in [-0.15, -0.1) is 0 Å². The number of amides is 1. The second-order valence-corrected chi connectivity index (χ2v) is 7.30. The van der Waals surface area contributed by atoms with Crippen molar-refractivity contribution in [1.29, 1.82) is 0 Å². The van der Waals surface area contributed by atoms with Crippen LogP contribution >= 0.6 is 0 Å². The summed E-state index contributed by atoms with van der Waals surface area (Å²) < 4.78 is 11.4. The number of carbonyl (C=O) groups is 2. The van der Waals surface area contributed by atoms with Gasteiger partial charge in [0, 0.05) is 0 Å². The lowest BCUT2D eigenvalue weighted by molar-refractivity contribution is -0.134. The van der Waals surface area contributed by atoms with Crippen LogP contribution in [-0.4, -0.2) is 34.2 Å². The Kier molecular flexibility index (Phi) is 4.53. The molecule has 1 aliphatic heterocycles. The first-order valence-electron chi connectivity index (χ1n) is 7.78. The van der Waals surface area contributed by atoms with Crippen molar-refractivity contribution in [2.75, 3.05) is 0 Å². The number of hydrogen-bond donors (Lipinski definition) is 0. The smallest absolute Gasteiger partial charge is 0.413 e. The van der Waals surface area contributed by atoms with E-state index in [1.165, 1.54) is 11.8 Å². The molecule has 1 aromatic carbocycles. The van der Waals surface area contributed by atoms with Crippen molar-refractivity contribution in [1.82, 2.24) is 4.90 Å². The van der Waals surface area contributed by atoms with Crippen molar-refractivity contribution in [3.63, 3.8) is 0 Å². The van der Waals surface area contributed by atoms with Gasteiger partial charge in [-0.25, -0.2) is 4.79 Å². The van der Waals surface area contributed by atoms with Crippen LogP contribution in [0.3, 0.4) is 0 Å². The fourth-order valence-corrected chi connectivity index (χ4v) is 2.83. The number of ether oxygens (including phenoxy) is 2. The number of nitrogens with zero attached hydrogens (tertiary/aromatic N) is 1. The van der Waals surface area contributed by atoms with E-state index in [2.05, 4.69) is 0 Å². The summed E-state index contributed by atoms with van der Waals surface area (Å²) in [6.45, 7) is 10.5. The van der Waals surface area contributed by atoms with Gasteiger partial charge in [-0.1, -0.05) is 30.3 Å². The molecule has 1 aliphatic rings. The molecule has 5 nitrogen and oxygen atoms in total. The molecule has 1 saturated heterocycles. The third-order valence-corrected chi connectivity index (χ3v) is 3.69. The minimum Gasteiger partial charge on any atom is -0.444 e. The van der Waals surface area contributed by atoms with Crippen molar-refractivity contribution in [2.45, 2.75) is 65.0 Å². The maximum absolute atomic E-state index is 12.7. The van der Waals surface area contributed by atoms with E-state index < -0.39 is 29.6 Å². The maximum Gasteiger partial charge on any atom is 0.413 e. The van der Waals surface area contributed by atoms with E-state index in [-0.39, 0.29) is 5.78 Å². The van der Waals surface area contributed by atoms with Crippen LogP contribution in [0.1, 0.15) is 53.1 Å². The first kappa shape index (κ1) is 17.5. The lowest BCUT2D eigenvalue weighted by Gasteiger charge is -2.35. The summed E-state index contributed by atoms with van der Waals surface area (Å²) in [6, 6.07) is 8.94. The summed E-state index contributed by atoms with van der Waals surface area (Å²) in [6.07, 6.45) is -1.19. The summed E-state index contributed by atoms with van der Waals surface area (Å²) >= 11 is 0. The topological polar surface area (TPSA) is 55.8 Å². The number of hydrogen-bond acceptors (Lipinski definition) is 4. The second-order valence-electron chi connectivity index (χ2n) is 7.30. The Bertz CT molecular complexity index is 589. The zero-order chi connectivity index (χ0) is 17.4. The molecule has 0 spiro atoms. The van der Waals surface area contributed by atoms with Gasteiger partial charge in [0.25, 0.3) is 0 Å². The number of Topliss-reactive ketones (excluding diaryl/α,β-unsaturated/α-hetero) is 1. The molecule has 1 amide bonds.